The van der Waals surface area contributed by atoms with Crippen molar-refractivity contribution < 1.29 is 14.2 Å². The van der Waals surface area contributed by atoms with Gasteiger partial charge in [-0.3, -0.25) is 0 Å². The van der Waals surface area contributed by atoms with Crippen molar-refractivity contribution in [2.45, 2.75) is 50.5 Å². The van der Waals surface area contributed by atoms with E-state index >= 15 is 0 Å². The van der Waals surface area contributed by atoms with Crippen molar-refractivity contribution in [1.82, 2.24) is 4.98 Å². The lowest BCUT2D eigenvalue weighted by Crippen LogP contribution is -2.11. The van der Waals surface area contributed by atoms with E-state index in [0.29, 0.717) is 17.2 Å². The predicted molar refractivity (Wildman–Crippen MR) is 116 cm³/mol. The minimum absolute atomic E-state index is 0.568. The number of fused-ring (bicyclic) bond motifs is 1. The third-order valence-electron chi connectivity index (χ3n) is 5.27. The normalized spacial score (nSPS) is 12.8. The number of pyridine rings is 1. The van der Waals surface area contributed by atoms with Gasteiger partial charge in [-0.2, -0.15) is 5.26 Å². The van der Waals surface area contributed by atoms with Crippen molar-refractivity contribution >= 4 is 11.8 Å². The van der Waals surface area contributed by atoms with Crippen LogP contribution in [-0.2, 0) is 12.8 Å². The molecule has 0 atom stereocenters. The maximum absolute atomic E-state index is 9.87. The van der Waals surface area contributed by atoms with Crippen molar-refractivity contribution in [3.8, 4) is 34.6 Å². The summed E-state index contributed by atoms with van der Waals surface area (Å²) in [4.78, 5) is 4.99. The number of ether oxygens (including phenoxy) is 3. The molecule has 1 heterocycles. The predicted octanol–water partition coefficient (Wildman–Crippen LogP) is 5.42. The van der Waals surface area contributed by atoms with Crippen molar-refractivity contribution in [3.63, 3.8) is 0 Å². The second-order valence-corrected chi connectivity index (χ2v) is 8.12. The Balaban J connectivity index is 2.21. The number of thioether (sulfide) groups is 1. The number of hydrogen-bond donors (Lipinski definition) is 0. The van der Waals surface area contributed by atoms with Crippen molar-refractivity contribution in [1.29, 1.82) is 5.26 Å². The highest BCUT2D eigenvalue weighted by atomic mass is 32.2. The highest BCUT2D eigenvalue weighted by Gasteiger charge is 2.24. The van der Waals surface area contributed by atoms with Gasteiger partial charge in [-0.25, -0.2) is 4.98 Å². The molecule has 0 saturated heterocycles. The van der Waals surface area contributed by atoms with Gasteiger partial charge < -0.3 is 14.2 Å². The summed E-state index contributed by atoms with van der Waals surface area (Å²) in [5, 5.41) is 10.7. The molecule has 1 aliphatic rings. The summed E-state index contributed by atoms with van der Waals surface area (Å²) in [6.45, 7) is 2.17. The van der Waals surface area contributed by atoms with Gasteiger partial charge in [-0.1, -0.05) is 13.3 Å². The van der Waals surface area contributed by atoms with Gasteiger partial charge in [0.1, 0.15) is 11.1 Å². The first kappa shape index (κ1) is 21.3. The van der Waals surface area contributed by atoms with E-state index in [-0.39, 0.29) is 0 Å². The first-order valence-electron chi connectivity index (χ1n) is 10.1. The minimum atomic E-state index is 0.568. The van der Waals surface area contributed by atoms with E-state index in [4.69, 9.17) is 19.2 Å². The fourth-order valence-corrected chi connectivity index (χ4v) is 4.88. The Morgan fingerprint density at radius 3 is 2.24 bits per heavy atom. The van der Waals surface area contributed by atoms with Crippen LogP contribution in [0.2, 0.25) is 0 Å². The largest absolute Gasteiger partial charge is 0.493 e. The van der Waals surface area contributed by atoms with E-state index in [1.165, 1.54) is 5.56 Å². The van der Waals surface area contributed by atoms with Crippen LogP contribution in [0.4, 0.5) is 0 Å². The number of unbranched alkanes of at least 4 members (excludes halogenated alkanes) is 1. The molecule has 0 spiro atoms. The molecule has 0 saturated carbocycles. The lowest BCUT2D eigenvalue weighted by Gasteiger charge is -2.23. The maximum atomic E-state index is 9.87. The Morgan fingerprint density at radius 1 is 1.03 bits per heavy atom. The molecular formula is C23H28N2O3S. The highest BCUT2D eigenvalue weighted by molar-refractivity contribution is 7.99. The van der Waals surface area contributed by atoms with Crippen LogP contribution in [0.1, 0.15) is 49.3 Å². The fourth-order valence-electron chi connectivity index (χ4n) is 3.79. The molecule has 0 unspecified atom stereocenters. The number of hydrogen-bond acceptors (Lipinski definition) is 6. The maximum Gasteiger partial charge on any atom is 0.203 e. The van der Waals surface area contributed by atoms with E-state index in [1.807, 2.05) is 12.1 Å². The number of nitriles is 1. The van der Waals surface area contributed by atoms with Crippen LogP contribution in [0.15, 0.2) is 17.2 Å². The molecule has 1 aromatic carbocycles. The molecule has 3 rings (SSSR count). The van der Waals surface area contributed by atoms with Crippen LogP contribution < -0.4 is 14.2 Å². The summed E-state index contributed by atoms with van der Waals surface area (Å²) in [5.41, 5.74) is 4.96. The first-order valence-corrected chi connectivity index (χ1v) is 11.1. The number of benzene rings is 1. The lowest BCUT2D eigenvalue weighted by molar-refractivity contribution is 0.324. The van der Waals surface area contributed by atoms with Crippen molar-refractivity contribution in [2.24, 2.45) is 0 Å². The molecule has 0 amide bonds. The molecule has 1 aliphatic carbocycles. The molecule has 0 fully saturated rings. The molecule has 6 heteroatoms. The van der Waals surface area contributed by atoms with Gasteiger partial charge in [0.05, 0.1) is 32.6 Å². The average Bonchev–Trinajstić information content (AvgIpc) is 2.77. The summed E-state index contributed by atoms with van der Waals surface area (Å²) < 4.78 is 16.6. The SMILES string of the molecule is CCCCSc1nc(-c2cc(OC)c(OC)c(OC)c2)c2c(c1C#N)CCCC2. The quantitative estimate of drug-likeness (QED) is 0.426. The molecular weight excluding hydrogens is 384 g/mol. The summed E-state index contributed by atoms with van der Waals surface area (Å²) >= 11 is 1.68. The Hall–Kier alpha value is -2.39. The Labute approximate surface area is 177 Å². The van der Waals surface area contributed by atoms with Crippen LogP contribution in [-0.4, -0.2) is 32.1 Å². The summed E-state index contributed by atoms with van der Waals surface area (Å²) in [6.07, 6.45) is 6.31. The summed E-state index contributed by atoms with van der Waals surface area (Å²) in [6, 6.07) is 6.34. The van der Waals surface area contributed by atoms with Crippen LogP contribution >= 0.6 is 11.8 Å². The van der Waals surface area contributed by atoms with Gasteiger partial charge in [0, 0.05) is 5.56 Å². The topological polar surface area (TPSA) is 64.4 Å². The lowest BCUT2D eigenvalue weighted by atomic mass is 9.86. The standard InChI is InChI=1S/C23H28N2O3S/c1-5-6-11-29-23-18(14-24)16-9-7-8-10-17(16)21(25-23)15-12-19(26-2)22(28-4)20(13-15)27-3/h12-13H,5-11H2,1-4H3. The van der Waals surface area contributed by atoms with E-state index in [0.717, 1.165) is 71.7 Å². The van der Waals surface area contributed by atoms with Gasteiger partial charge in [-0.05, 0) is 61.1 Å². The van der Waals surface area contributed by atoms with Gasteiger partial charge in [-0.15, -0.1) is 11.8 Å². The van der Waals surface area contributed by atoms with Crippen LogP contribution in [0.5, 0.6) is 17.2 Å². The van der Waals surface area contributed by atoms with Crippen LogP contribution in [0.3, 0.4) is 0 Å². The fraction of sp³-hybridized carbons (Fsp3) is 0.478. The van der Waals surface area contributed by atoms with E-state index in [2.05, 4.69) is 13.0 Å². The van der Waals surface area contributed by atoms with Gasteiger partial charge in [0.25, 0.3) is 0 Å². The second kappa shape index (κ2) is 9.89. The van der Waals surface area contributed by atoms with Crippen LogP contribution in [0, 0.1) is 11.3 Å². The Kier molecular flexibility index (Phi) is 7.27. The van der Waals surface area contributed by atoms with E-state index < -0.39 is 0 Å². The molecule has 0 aliphatic heterocycles. The first-order chi connectivity index (χ1) is 14.2. The third-order valence-corrected chi connectivity index (χ3v) is 6.33. The number of aromatic nitrogens is 1. The Morgan fingerprint density at radius 2 is 1.69 bits per heavy atom. The zero-order chi connectivity index (χ0) is 20.8. The monoisotopic (exact) mass is 412 g/mol. The van der Waals surface area contributed by atoms with Gasteiger partial charge >= 0.3 is 0 Å². The van der Waals surface area contributed by atoms with Crippen molar-refractivity contribution in [3.05, 3.63) is 28.8 Å². The Bertz CT molecular complexity index is 896. The summed E-state index contributed by atoms with van der Waals surface area (Å²) in [5.74, 6) is 2.75. The van der Waals surface area contributed by atoms with Crippen molar-refractivity contribution in [2.75, 3.05) is 27.1 Å². The molecule has 154 valence electrons. The third kappa shape index (κ3) is 4.30. The van der Waals surface area contributed by atoms with Gasteiger partial charge in [0.15, 0.2) is 11.5 Å². The number of nitrogens with zero attached hydrogens (tertiary/aromatic N) is 2. The molecule has 2 aromatic rings. The number of rotatable bonds is 8. The van der Waals surface area contributed by atoms with E-state index in [1.54, 1.807) is 33.1 Å². The van der Waals surface area contributed by atoms with E-state index in [9.17, 15) is 5.26 Å². The highest BCUT2D eigenvalue weighted by Crippen LogP contribution is 2.43. The smallest absolute Gasteiger partial charge is 0.203 e. The average molecular weight is 413 g/mol. The molecule has 0 bridgehead atoms. The molecule has 29 heavy (non-hydrogen) atoms. The molecule has 1 aromatic heterocycles. The molecule has 5 nitrogen and oxygen atoms in total. The van der Waals surface area contributed by atoms with Gasteiger partial charge in [0.2, 0.25) is 5.75 Å². The molecule has 0 radical (unpaired) electrons. The number of methoxy groups -OCH3 is 3. The zero-order valence-corrected chi connectivity index (χ0v) is 18.4. The molecule has 0 N–H and O–H groups in total. The summed E-state index contributed by atoms with van der Waals surface area (Å²) in [7, 11) is 4.84. The minimum Gasteiger partial charge on any atom is -0.493 e. The zero-order valence-electron chi connectivity index (χ0n) is 17.6. The second-order valence-electron chi connectivity index (χ2n) is 7.03. The van der Waals surface area contributed by atoms with Crippen LogP contribution in [0.25, 0.3) is 11.3 Å².